The first-order valence-electron chi connectivity index (χ1n) is 8.48. The molecule has 4 fully saturated rings. The van der Waals surface area contributed by atoms with Crippen LogP contribution in [0.5, 0.6) is 0 Å². The smallest absolute Gasteiger partial charge is 0.415 e. The Kier molecular flexibility index (Phi) is 3.18. The van der Waals surface area contributed by atoms with Crippen LogP contribution in [0.4, 0.5) is 9.80 Å². The van der Waals surface area contributed by atoms with Crippen molar-refractivity contribution < 1.29 is 9.53 Å². The first-order chi connectivity index (χ1) is 11.7. The van der Waals surface area contributed by atoms with Crippen LogP contribution in [-0.4, -0.2) is 47.8 Å². The van der Waals surface area contributed by atoms with Crippen molar-refractivity contribution >= 4 is 22.4 Å². The van der Waals surface area contributed by atoms with Gasteiger partial charge in [0.2, 0.25) is 0 Å². The molecular weight excluding hydrogens is 322 g/mol. The molecule has 2 aromatic heterocycles. The number of hydrogen-bond donors (Lipinski definition) is 0. The monoisotopic (exact) mass is 341 g/mol. The Balaban J connectivity index is 1.42. The molecule has 2 aromatic rings. The maximum absolute atomic E-state index is 12.5. The van der Waals surface area contributed by atoms with Gasteiger partial charge in [-0.3, -0.25) is 14.8 Å². The first kappa shape index (κ1) is 14.4. The molecule has 0 radical (unpaired) electrons. The van der Waals surface area contributed by atoms with E-state index >= 15 is 0 Å². The molecule has 4 saturated heterocycles. The number of hydrogen-bond acceptors (Lipinski definition) is 5. The van der Waals surface area contributed by atoms with Crippen molar-refractivity contribution in [2.45, 2.75) is 18.4 Å². The average Bonchev–Trinajstić information content (AvgIpc) is 3.22. The van der Waals surface area contributed by atoms with Gasteiger partial charge in [0.15, 0.2) is 0 Å². The van der Waals surface area contributed by atoms with Crippen LogP contribution in [0.2, 0.25) is 0 Å². The van der Waals surface area contributed by atoms with Gasteiger partial charge >= 0.3 is 6.09 Å². The van der Waals surface area contributed by atoms with E-state index in [0.29, 0.717) is 12.5 Å². The maximum Gasteiger partial charge on any atom is 0.415 e. The molecule has 4 aliphatic rings. The Morgan fingerprint density at radius 2 is 2.04 bits per heavy atom. The summed E-state index contributed by atoms with van der Waals surface area (Å²) in [6.07, 6.45) is 3.88. The van der Waals surface area contributed by atoms with Crippen LogP contribution in [0.15, 0.2) is 36.5 Å². The van der Waals surface area contributed by atoms with Crippen molar-refractivity contribution in [3.05, 3.63) is 36.5 Å². The molecule has 6 heteroatoms. The Bertz CT molecular complexity index is 770. The zero-order chi connectivity index (χ0) is 16.1. The van der Waals surface area contributed by atoms with Gasteiger partial charge in [0.25, 0.3) is 0 Å². The van der Waals surface area contributed by atoms with Crippen LogP contribution in [0.25, 0.3) is 10.6 Å². The Hall–Kier alpha value is -1.92. The van der Waals surface area contributed by atoms with Crippen molar-refractivity contribution in [2.24, 2.45) is 5.92 Å². The molecule has 6 heterocycles. The molecule has 124 valence electrons. The highest BCUT2D eigenvalue weighted by Crippen LogP contribution is 2.44. The van der Waals surface area contributed by atoms with Crippen molar-refractivity contribution in [3.63, 3.8) is 0 Å². The predicted octanol–water partition coefficient (Wildman–Crippen LogP) is 3.23. The quantitative estimate of drug-likeness (QED) is 0.841. The lowest BCUT2D eigenvalue weighted by Gasteiger charge is -2.49. The second-order valence-electron chi connectivity index (χ2n) is 6.92. The molecular formula is C18H19N3O2S. The summed E-state index contributed by atoms with van der Waals surface area (Å²) in [7, 11) is 0. The summed E-state index contributed by atoms with van der Waals surface area (Å²) in [4.78, 5) is 22.3. The minimum Gasteiger partial charge on any atom is -0.439 e. The number of pyridine rings is 1. The van der Waals surface area contributed by atoms with Crippen LogP contribution in [0.1, 0.15) is 12.8 Å². The SMILES string of the molecule is O=C1O[C@]2(CN3CCC2CC3)CN1c1ccc(-c2ccccn2)s1. The van der Waals surface area contributed by atoms with E-state index < -0.39 is 0 Å². The highest BCUT2D eigenvalue weighted by Gasteiger charge is 2.55. The van der Waals surface area contributed by atoms with Gasteiger partial charge in [-0.05, 0) is 50.2 Å². The van der Waals surface area contributed by atoms with E-state index in [-0.39, 0.29) is 11.7 Å². The fraction of sp³-hybridized carbons (Fsp3) is 0.444. The highest BCUT2D eigenvalue weighted by molar-refractivity contribution is 7.19. The summed E-state index contributed by atoms with van der Waals surface area (Å²) in [5.74, 6) is 0.506. The number of piperidine rings is 3. The number of aromatic nitrogens is 1. The lowest BCUT2D eigenvalue weighted by Crippen LogP contribution is -2.61. The van der Waals surface area contributed by atoms with Crippen molar-refractivity contribution in [1.29, 1.82) is 0 Å². The Morgan fingerprint density at radius 1 is 1.17 bits per heavy atom. The normalized spacial score (nSPS) is 31.7. The molecule has 2 bridgehead atoms. The first-order valence-corrected chi connectivity index (χ1v) is 9.29. The Morgan fingerprint density at radius 3 is 2.75 bits per heavy atom. The van der Waals surface area contributed by atoms with Crippen LogP contribution in [-0.2, 0) is 4.74 Å². The number of anilines is 1. The van der Waals surface area contributed by atoms with E-state index in [1.165, 1.54) is 0 Å². The average molecular weight is 341 g/mol. The van der Waals surface area contributed by atoms with E-state index in [9.17, 15) is 4.79 Å². The highest BCUT2D eigenvalue weighted by atomic mass is 32.1. The summed E-state index contributed by atoms with van der Waals surface area (Å²) >= 11 is 1.60. The molecule has 5 nitrogen and oxygen atoms in total. The second kappa shape index (κ2) is 5.29. The molecule has 6 rings (SSSR count). The van der Waals surface area contributed by atoms with Gasteiger partial charge in [0, 0.05) is 18.7 Å². The number of thiophene rings is 1. The lowest BCUT2D eigenvalue weighted by atomic mass is 9.75. The summed E-state index contributed by atoms with van der Waals surface area (Å²) in [6.45, 7) is 3.85. The summed E-state index contributed by atoms with van der Waals surface area (Å²) < 4.78 is 5.94. The third-order valence-corrected chi connectivity index (χ3v) is 6.67. The van der Waals surface area contributed by atoms with Crippen LogP contribution in [0, 0.1) is 5.92 Å². The minimum absolute atomic E-state index is 0.196. The molecule has 0 saturated carbocycles. The molecule has 24 heavy (non-hydrogen) atoms. The minimum atomic E-state index is -0.303. The number of amides is 1. The largest absolute Gasteiger partial charge is 0.439 e. The summed E-state index contributed by atoms with van der Waals surface area (Å²) in [5, 5.41) is 0.953. The Labute approximate surface area is 144 Å². The zero-order valence-electron chi connectivity index (χ0n) is 13.4. The lowest BCUT2D eigenvalue weighted by molar-refractivity contribution is -0.0881. The van der Waals surface area contributed by atoms with E-state index in [1.807, 2.05) is 35.2 Å². The van der Waals surface area contributed by atoms with Gasteiger partial charge in [-0.2, -0.15) is 0 Å². The van der Waals surface area contributed by atoms with Crippen molar-refractivity contribution in [3.8, 4) is 10.6 Å². The number of nitrogens with zero attached hydrogens (tertiary/aromatic N) is 3. The number of rotatable bonds is 2. The van der Waals surface area contributed by atoms with Gasteiger partial charge in [0.1, 0.15) is 10.6 Å². The van der Waals surface area contributed by atoms with Gasteiger partial charge < -0.3 is 4.74 Å². The van der Waals surface area contributed by atoms with E-state index in [1.54, 1.807) is 17.5 Å². The fourth-order valence-corrected chi connectivity index (χ4v) is 5.27. The molecule has 0 aliphatic carbocycles. The second-order valence-corrected chi connectivity index (χ2v) is 7.98. The number of fused-ring (bicyclic) bond motifs is 2. The van der Waals surface area contributed by atoms with Crippen molar-refractivity contribution in [1.82, 2.24) is 9.88 Å². The number of carbonyl (C=O) groups excluding carboxylic acids is 1. The fourth-order valence-electron chi connectivity index (χ4n) is 4.30. The summed E-state index contributed by atoms with van der Waals surface area (Å²) in [5.41, 5.74) is 0.641. The van der Waals surface area contributed by atoms with Crippen molar-refractivity contribution in [2.75, 3.05) is 31.1 Å². The topological polar surface area (TPSA) is 45.7 Å². The predicted molar refractivity (Wildman–Crippen MR) is 93.3 cm³/mol. The van der Waals surface area contributed by atoms with E-state index in [2.05, 4.69) is 9.88 Å². The van der Waals surface area contributed by atoms with Gasteiger partial charge in [-0.15, -0.1) is 11.3 Å². The van der Waals surface area contributed by atoms with Crippen LogP contribution in [0.3, 0.4) is 0 Å². The van der Waals surface area contributed by atoms with Gasteiger partial charge in [-0.1, -0.05) is 6.07 Å². The van der Waals surface area contributed by atoms with Gasteiger partial charge in [0.05, 0.1) is 17.1 Å². The number of carbonyl (C=O) groups is 1. The molecule has 0 unspecified atom stereocenters. The van der Waals surface area contributed by atoms with Crippen LogP contribution >= 0.6 is 11.3 Å². The maximum atomic E-state index is 12.5. The van der Waals surface area contributed by atoms with Crippen LogP contribution < -0.4 is 4.90 Å². The molecule has 0 aromatic carbocycles. The molecule has 1 spiro atoms. The molecule has 0 N–H and O–H groups in total. The summed E-state index contributed by atoms with van der Waals surface area (Å²) in [6, 6.07) is 9.93. The third-order valence-electron chi connectivity index (χ3n) is 5.53. The number of ether oxygens (including phenoxy) is 1. The van der Waals surface area contributed by atoms with Gasteiger partial charge in [-0.25, -0.2) is 4.79 Å². The molecule has 1 atom stereocenters. The van der Waals surface area contributed by atoms with E-state index in [4.69, 9.17) is 4.74 Å². The molecule has 4 aliphatic heterocycles. The third kappa shape index (κ3) is 2.17. The van der Waals surface area contributed by atoms with E-state index in [0.717, 1.165) is 48.0 Å². The zero-order valence-corrected chi connectivity index (χ0v) is 14.2. The standard InChI is InChI=1S/C18H19N3O2S/c22-17-21(12-18(23-17)11-20-9-6-13(18)7-10-20)16-5-4-15(24-16)14-3-1-2-8-19-14/h1-5,8,13H,6-7,9-12H2/t18-/m1/s1. The molecule has 1 amide bonds.